The van der Waals surface area contributed by atoms with Crippen LogP contribution in [0.3, 0.4) is 0 Å². The van der Waals surface area contributed by atoms with Gasteiger partial charge in [0.25, 0.3) is 0 Å². The molecule has 0 saturated heterocycles. The maximum atomic E-state index is 6.58. The molecule has 0 aliphatic rings. The van der Waals surface area contributed by atoms with E-state index in [2.05, 4.69) is 132 Å². The summed E-state index contributed by atoms with van der Waals surface area (Å²) in [7, 11) is 0. The zero-order chi connectivity index (χ0) is 33.2. The molecule has 0 N–H and O–H groups in total. The lowest BCUT2D eigenvalue weighted by atomic mass is 9.95. The van der Waals surface area contributed by atoms with E-state index in [0.717, 1.165) is 54.9 Å². The van der Waals surface area contributed by atoms with Crippen LogP contribution in [0, 0.1) is 0 Å². The van der Waals surface area contributed by atoms with Gasteiger partial charge in [-0.25, -0.2) is 4.98 Å². The van der Waals surface area contributed by atoms with Crippen LogP contribution in [0.15, 0.2) is 150 Å². The molecule has 12 rings (SSSR count). The molecule has 0 spiro atoms. The molecule has 6 heteroatoms. The predicted octanol–water partition coefficient (Wildman–Crippen LogP) is 12.3. The van der Waals surface area contributed by atoms with Gasteiger partial charge in [-0.3, -0.25) is 4.57 Å². The molecule has 0 unspecified atom stereocenters. The van der Waals surface area contributed by atoms with Crippen molar-refractivity contribution in [3.8, 4) is 28.7 Å². The number of furan rings is 1. The lowest BCUT2D eigenvalue weighted by Gasteiger charge is -2.11. The first-order valence-electron chi connectivity index (χ1n) is 17.0. The molecule has 4 heterocycles. The van der Waals surface area contributed by atoms with Crippen LogP contribution in [0.25, 0.3) is 114 Å². The molecule has 4 aromatic heterocycles. The number of aromatic nitrogens is 4. The highest BCUT2D eigenvalue weighted by Crippen LogP contribution is 2.47. The minimum Gasteiger partial charge on any atom is -0.456 e. The van der Waals surface area contributed by atoms with Crippen molar-refractivity contribution in [1.29, 1.82) is 0 Å². The zero-order valence-electron chi connectivity index (χ0n) is 27.0. The van der Waals surface area contributed by atoms with Crippen molar-refractivity contribution in [1.82, 2.24) is 19.5 Å². The number of rotatable bonds is 3. The summed E-state index contributed by atoms with van der Waals surface area (Å²) in [6.45, 7) is 0. The maximum Gasteiger partial charge on any atom is 0.238 e. The Labute approximate surface area is 294 Å². The highest BCUT2D eigenvalue weighted by atomic mass is 32.1. The molecule has 0 amide bonds. The zero-order valence-corrected chi connectivity index (χ0v) is 27.8. The van der Waals surface area contributed by atoms with Crippen LogP contribution in [0.2, 0.25) is 0 Å². The molecule has 236 valence electrons. The minimum absolute atomic E-state index is 0.576. The van der Waals surface area contributed by atoms with Gasteiger partial charge in [-0.05, 0) is 57.9 Å². The molecule has 5 nitrogen and oxygen atoms in total. The molecule has 0 saturated carbocycles. The predicted molar refractivity (Wildman–Crippen MR) is 211 cm³/mol. The Bertz CT molecular complexity index is 3370. The number of hydrogen-bond acceptors (Lipinski definition) is 5. The summed E-state index contributed by atoms with van der Waals surface area (Å²) >= 11 is 1.80. The second-order valence-electron chi connectivity index (χ2n) is 13.1. The fourth-order valence-corrected chi connectivity index (χ4v) is 9.47. The first-order valence-corrected chi connectivity index (χ1v) is 17.9. The van der Waals surface area contributed by atoms with Gasteiger partial charge in [0.15, 0.2) is 11.6 Å². The van der Waals surface area contributed by atoms with Gasteiger partial charge in [0, 0.05) is 52.8 Å². The Morgan fingerprint density at radius 3 is 1.92 bits per heavy atom. The van der Waals surface area contributed by atoms with Crippen LogP contribution in [-0.2, 0) is 0 Å². The lowest BCUT2D eigenvalue weighted by Crippen LogP contribution is -2.06. The Hall–Kier alpha value is -6.63. The molecular formula is C45H24N4OS. The molecule has 12 aromatic rings. The molecule has 0 fully saturated rings. The number of nitrogens with zero attached hydrogens (tertiary/aromatic N) is 4. The molecule has 51 heavy (non-hydrogen) atoms. The van der Waals surface area contributed by atoms with Gasteiger partial charge in [-0.15, -0.1) is 11.3 Å². The topological polar surface area (TPSA) is 56.7 Å². The summed E-state index contributed by atoms with van der Waals surface area (Å²) in [5.74, 6) is 1.85. The van der Waals surface area contributed by atoms with Gasteiger partial charge in [-0.1, -0.05) is 109 Å². The Balaban J connectivity index is 1.27. The average molecular weight is 669 g/mol. The molecule has 0 bridgehead atoms. The highest BCUT2D eigenvalue weighted by Gasteiger charge is 2.25. The smallest absolute Gasteiger partial charge is 0.238 e. The molecular weight excluding hydrogens is 645 g/mol. The van der Waals surface area contributed by atoms with Crippen molar-refractivity contribution >= 4 is 96.8 Å². The van der Waals surface area contributed by atoms with Crippen LogP contribution in [-0.4, -0.2) is 19.5 Å². The fraction of sp³-hybridized carbons (Fsp3) is 0. The van der Waals surface area contributed by atoms with Gasteiger partial charge in [0.1, 0.15) is 11.2 Å². The van der Waals surface area contributed by atoms with Crippen LogP contribution in [0.4, 0.5) is 0 Å². The van der Waals surface area contributed by atoms with E-state index in [1.807, 2.05) is 18.2 Å². The van der Waals surface area contributed by atoms with Gasteiger partial charge in [0.05, 0.1) is 11.0 Å². The minimum atomic E-state index is 0.576. The normalized spacial score (nSPS) is 12.3. The van der Waals surface area contributed by atoms with E-state index >= 15 is 0 Å². The van der Waals surface area contributed by atoms with Crippen LogP contribution in [0.1, 0.15) is 0 Å². The first kappa shape index (κ1) is 27.2. The fourth-order valence-electron chi connectivity index (χ4n) is 8.34. The van der Waals surface area contributed by atoms with Gasteiger partial charge >= 0.3 is 0 Å². The van der Waals surface area contributed by atoms with E-state index in [1.165, 1.54) is 41.7 Å². The number of fused-ring (bicyclic) bond motifs is 6. The Morgan fingerprint density at radius 2 is 1.06 bits per heavy atom. The lowest BCUT2D eigenvalue weighted by molar-refractivity contribution is 0.669. The van der Waals surface area contributed by atoms with E-state index in [4.69, 9.17) is 19.4 Å². The van der Waals surface area contributed by atoms with Gasteiger partial charge in [-0.2, -0.15) is 9.97 Å². The van der Waals surface area contributed by atoms with Gasteiger partial charge < -0.3 is 4.42 Å². The third-order valence-corrected chi connectivity index (χ3v) is 11.6. The Morgan fingerprint density at radius 1 is 0.412 bits per heavy atom. The van der Waals surface area contributed by atoms with Gasteiger partial charge in [0.2, 0.25) is 5.95 Å². The summed E-state index contributed by atoms with van der Waals surface area (Å²) in [6.07, 6.45) is 0. The van der Waals surface area contributed by atoms with Crippen molar-refractivity contribution in [2.24, 2.45) is 0 Å². The third-order valence-electron chi connectivity index (χ3n) is 10.4. The SMILES string of the molecule is c1ccc(-c2nc(-c3cccc4sc5ccccc5c34)nc(-n3c4cccc5c6ccccc6c6cccc7oc8ccc3c(c8c76)c54)n2)cc1. The molecule has 0 atom stereocenters. The summed E-state index contributed by atoms with van der Waals surface area (Å²) < 4.78 is 11.3. The van der Waals surface area contributed by atoms with E-state index < -0.39 is 0 Å². The van der Waals surface area contributed by atoms with Crippen molar-refractivity contribution in [2.75, 3.05) is 0 Å². The van der Waals surface area contributed by atoms with Crippen molar-refractivity contribution < 1.29 is 4.42 Å². The Kier molecular flexibility index (Phi) is 5.32. The van der Waals surface area contributed by atoms with Crippen molar-refractivity contribution in [3.63, 3.8) is 0 Å². The largest absolute Gasteiger partial charge is 0.456 e. The second-order valence-corrected chi connectivity index (χ2v) is 14.2. The highest BCUT2D eigenvalue weighted by molar-refractivity contribution is 7.25. The number of hydrogen-bond donors (Lipinski definition) is 0. The van der Waals surface area contributed by atoms with Crippen LogP contribution in [0.5, 0.6) is 0 Å². The van der Waals surface area contributed by atoms with E-state index in [0.29, 0.717) is 17.6 Å². The molecule has 0 aliphatic carbocycles. The monoisotopic (exact) mass is 668 g/mol. The van der Waals surface area contributed by atoms with E-state index in [1.54, 1.807) is 11.3 Å². The van der Waals surface area contributed by atoms with Crippen molar-refractivity contribution in [2.45, 2.75) is 0 Å². The molecule has 8 aromatic carbocycles. The summed E-state index contributed by atoms with van der Waals surface area (Å²) in [5, 5.41) is 11.7. The number of benzene rings is 7. The third kappa shape index (κ3) is 3.66. The second kappa shape index (κ2) is 9.97. The standard InChI is InChI=1S/C45H24N4OS/c1-2-11-25(12-3-1)43-46-44(31-18-10-22-37-38(31)30-15-6-7-21-36(30)51-37)48-45(47-43)49-32-19-8-16-28-26-13-4-5-14-27(26)29-17-9-20-34-40(29)42-35(50-34)24-23-33(49)41(42)39(28)32/h1-24H. The van der Waals surface area contributed by atoms with E-state index in [9.17, 15) is 0 Å². The molecule has 0 aliphatic heterocycles. The van der Waals surface area contributed by atoms with Crippen LogP contribution >= 0.6 is 11.3 Å². The van der Waals surface area contributed by atoms with Crippen LogP contribution < -0.4 is 0 Å². The summed E-state index contributed by atoms with van der Waals surface area (Å²) in [6, 6.07) is 51.2. The first-order chi connectivity index (χ1) is 25.3. The summed E-state index contributed by atoms with van der Waals surface area (Å²) in [5.41, 5.74) is 5.74. The molecule has 0 radical (unpaired) electrons. The number of thiophene rings is 1. The summed E-state index contributed by atoms with van der Waals surface area (Å²) in [4.78, 5) is 15.8. The average Bonchev–Trinajstić information content (AvgIpc) is 3.87. The maximum absolute atomic E-state index is 6.58. The quantitative estimate of drug-likeness (QED) is 0.188. The van der Waals surface area contributed by atoms with E-state index in [-0.39, 0.29) is 0 Å². The van der Waals surface area contributed by atoms with Crippen molar-refractivity contribution in [3.05, 3.63) is 146 Å².